The van der Waals surface area contributed by atoms with Gasteiger partial charge >= 0.3 is 39.5 Å². The molecule has 0 aliphatic heterocycles. The summed E-state index contributed by atoms with van der Waals surface area (Å²) in [6.45, 7) is 12.0. The van der Waals surface area contributed by atoms with Crippen LogP contribution >= 0.6 is 15.6 Å². The molecule has 0 fully saturated rings. The summed E-state index contributed by atoms with van der Waals surface area (Å²) in [7, 11) is -9.92. The van der Waals surface area contributed by atoms with Gasteiger partial charge in [0, 0.05) is 25.7 Å². The van der Waals surface area contributed by atoms with E-state index in [2.05, 4.69) is 48.5 Å². The smallest absolute Gasteiger partial charge is 0.462 e. The van der Waals surface area contributed by atoms with E-state index >= 15 is 0 Å². The number of carbonyl (C=O) groups is 4. The van der Waals surface area contributed by atoms with E-state index in [0.717, 1.165) is 108 Å². The van der Waals surface area contributed by atoms with Gasteiger partial charge in [-0.3, -0.25) is 37.3 Å². The number of phosphoric acid groups is 2. The Morgan fingerprint density at radius 3 is 0.680 bits per heavy atom. The van der Waals surface area contributed by atoms with Crippen molar-refractivity contribution in [3.8, 4) is 0 Å². The Morgan fingerprint density at radius 2 is 0.460 bits per heavy atom. The minimum atomic E-state index is -4.96. The molecule has 0 aromatic carbocycles. The van der Waals surface area contributed by atoms with Crippen LogP contribution in [0.3, 0.4) is 0 Å². The van der Waals surface area contributed by atoms with Crippen LogP contribution in [-0.2, 0) is 65.4 Å². The summed E-state index contributed by atoms with van der Waals surface area (Å²) in [5, 5.41) is 10.6. The highest BCUT2D eigenvalue weighted by molar-refractivity contribution is 7.47. The Balaban J connectivity index is 5.23. The number of esters is 4. The van der Waals surface area contributed by atoms with E-state index < -0.39 is 97.5 Å². The SMILES string of the molecule is CCCCCCCCCCCCCC(=O)OC[C@H](COP(=O)(O)OC[C@H](O)COP(=O)(O)OC[C@@H](COC(=O)CCCCCCCCCCCCCC(C)C)OC(=O)CCCCCCCCCCCCCCCCCCCCC(C)C)OC(=O)CCCCCCCCCCCCCC(C)C. The van der Waals surface area contributed by atoms with E-state index in [1.165, 1.54) is 231 Å². The first-order chi connectivity index (χ1) is 48.2. The third-order valence-corrected chi connectivity index (χ3v) is 20.8. The third-order valence-electron chi connectivity index (χ3n) is 18.9. The molecular weight excluding hydrogens is 1310 g/mol. The largest absolute Gasteiger partial charge is 0.472 e. The maximum atomic E-state index is 13.1. The lowest BCUT2D eigenvalue weighted by atomic mass is 10.0. The molecule has 5 atom stereocenters. The second kappa shape index (κ2) is 71.3. The lowest BCUT2D eigenvalue weighted by molar-refractivity contribution is -0.161. The van der Waals surface area contributed by atoms with Crippen molar-refractivity contribution in [2.24, 2.45) is 17.8 Å². The number of rotatable bonds is 79. The lowest BCUT2D eigenvalue weighted by Crippen LogP contribution is -2.30. The van der Waals surface area contributed by atoms with Crippen molar-refractivity contribution in [2.45, 2.75) is 439 Å². The molecule has 0 rings (SSSR count). The number of hydrogen-bond donors (Lipinski definition) is 3. The first kappa shape index (κ1) is 98.1. The number of aliphatic hydroxyl groups excluding tert-OH is 1. The summed E-state index contributed by atoms with van der Waals surface area (Å²) in [5.41, 5.74) is 0. The molecule has 19 heteroatoms. The highest BCUT2D eigenvalue weighted by Gasteiger charge is 2.30. The van der Waals surface area contributed by atoms with Crippen molar-refractivity contribution in [3.05, 3.63) is 0 Å². The average molecular weight is 1470 g/mol. The van der Waals surface area contributed by atoms with Gasteiger partial charge in [0.2, 0.25) is 0 Å². The Morgan fingerprint density at radius 1 is 0.270 bits per heavy atom. The standard InChI is InChI=1S/C81H158O17P2/c1-8-9-10-11-12-13-24-34-41-48-55-62-78(83)91-68-76(98-81(86)65-58-51-44-37-30-23-27-33-40-47-54-61-74(6)7)70-95-99(87,88)93-66-75(82)67-94-100(89,90)96-71-77(69-92-79(84)63-56-49-42-35-29-22-26-32-39-46-53-60-73(4)5)97-80(85)64-57-50-43-36-28-21-19-17-15-14-16-18-20-25-31-38-45-52-59-72(2)3/h72-77,82H,8-71H2,1-7H3,(H,87,88)(H,89,90)/t75-,76+,77+/m0/s1. The molecule has 0 bridgehead atoms. The van der Waals surface area contributed by atoms with Gasteiger partial charge in [-0.2, -0.15) is 0 Å². The topological polar surface area (TPSA) is 237 Å². The van der Waals surface area contributed by atoms with Crippen LogP contribution in [0.1, 0.15) is 421 Å². The predicted octanol–water partition coefficient (Wildman–Crippen LogP) is 24.1. The zero-order valence-corrected chi connectivity index (χ0v) is 67.5. The van der Waals surface area contributed by atoms with E-state index in [-0.39, 0.29) is 25.7 Å². The van der Waals surface area contributed by atoms with E-state index in [4.69, 9.17) is 37.0 Å². The fourth-order valence-corrected chi connectivity index (χ4v) is 14.1. The molecule has 0 saturated carbocycles. The minimum Gasteiger partial charge on any atom is -0.462 e. The van der Waals surface area contributed by atoms with E-state index in [0.29, 0.717) is 25.7 Å². The molecular formula is C81H158O17P2. The monoisotopic (exact) mass is 1470 g/mol. The van der Waals surface area contributed by atoms with Gasteiger partial charge < -0.3 is 33.8 Å². The molecule has 0 aromatic rings. The molecule has 0 spiro atoms. The first-order valence-electron chi connectivity index (χ1n) is 41.8. The van der Waals surface area contributed by atoms with Crippen LogP contribution in [0.4, 0.5) is 0 Å². The molecule has 0 aliphatic rings. The zero-order valence-electron chi connectivity index (χ0n) is 65.7. The molecule has 100 heavy (non-hydrogen) atoms. The van der Waals surface area contributed by atoms with Gasteiger partial charge in [0.25, 0.3) is 0 Å². The summed E-state index contributed by atoms with van der Waals surface area (Å²) in [4.78, 5) is 73.0. The number of carbonyl (C=O) groups excluding carboxylic acids is 4. The van der Waals surface area contributed by atoms with Gasteiger partial charge in [0.05, 0.1) is 26.4 Å². The Bertz CT molecular complexity index is 1940. The molecule has 0 saturated heterocycles. The molecule has 0 radical (unpaired) electrons. The van der Waals surface area contributed by atoms with Gasteiger partial charge in [-0.1, -0.05) is 370 Å². The fraction of sp³-hybridized carbons (Fsp3) is 0.951. The van der Waals surface area contributed by atoms with Crippen molar-refractivity contribution >= 4 is 39.5 Å². The van der Waals surface area contributed by atoms with Crippen molar-refractivity contribution < 1.29 is 80.2 Å². The number of phosphoric ester groups is 2. The number of aliphatic hydroxyl groups is 1. The second-order valence-corrected chi connectivity index (χ2v) is 33.5. The zero-order chi connectivity index (χ0) is 73.7. The summed E-state index contributed by atoms with van der Waals surface area (Å²) in [6, 6.07) is 0. The van der Waals surface area contributed by atoms with Gasteiger partial charge in [-0.05, 0) is 43.4 Å². The number of ether oxygens (including phenoxy) is 4. The minimum absolute atomic E-state index is 0.107. The highest BCUT2D eigenvalue weighted by Crippen LogP contribution is 2.45. The van der Waals surface area contributed by atoms with Crippen LogP contribution in [-0.4, -0.2) is 96.7 Å². The second-order valence-electron chi connectivity index (χ2n) is 30.6. The Hall–Kier alpha value is -1.94. The predicted molar refractivity (Wildman–Crippen MR) is 409 cm³/mol. The highest BCUT2D eigenvalue weighted by atomic mass is 31.2. The molecule has 0 heterocycles. The maximum absolute atomic E-state index is 13.1. The lowest BCUT2D eigenvalue weighted by Gasteiger charge is -2.21. The summed E-state index contributed by atoms with van der Waals surface area (Å²) in [6.07, 6.45) is 59.6. The first-order valence-corrected chi connectivity index (χ1v) is 44.8. The summed E-state index contributed by atoms with van der Waals surface area (Å²) in [5.74, 6) is 0.247. The van der Waals surface area contributed by atoms with E-state index in [1.807, 2.05) is 0 Å². The normalized spacial score (nSPS) is 14.0. The Labute approximate surface area is 613 Å². The summed E-state index contributed by atoms with van der Waals surface area (Å²) < 4.78 is 68.7. The van der Waals surface area contributed by atoms with Crippen LogP contribution in [0, 0.1) is 17.8 Å². The fourth-order valence-electron chi connectivity index (χ4n) is 12.5. The molecule has 2 unspecified atom stereocenters. The Kier molecular flexibility index (Phi) is 69.9. The van der Waals surface area contributed by atoms with Gasteiger partial charge in [0.1, 0.15) is 19.3 Å². The molecule has 0 aromatic heterocycles. The van der Waals surface area contributed by atoms with E-state index in [1.54, 1.807) is 0 Å². The van der Waals surface area contributed by atoms with Crippen LogP contribution in [0.5, 0.6) is 0 Å². The van der Waals surface area contributed by atoms with Crippen molar-refractivity contribution in [1.82, 2.24) is 0 Å². The number of hydrogen-bond acceptors (Lipinski definition) is 15. The van der Waals surface area contributed by atoms with Gasteiger partial charge in [-0.25, -0.2) is 9.13 Å². The molecule has 17 nitrogen and oxygen atoms in total. The maximum Gasteiger partial charge on any atom is 0.472 e. The van der Waals surface area contributed by atoms with Crippen molar-refractivity contribution in [1.29, 1.82) is 0 Å². The van der Waals surface area contributed by atoms with Crippen LogP contribution in [0.25, 0.3) is 0 Å². The molecule has 3 N–H and O–H groups in total. The average Bonchev–Trinajstić information content (AvgIpc) is 0.960. The quantitative estimate of drug-likeness (QED) is 0.0222. The van der Waals surface area contributed by atoms with Gasteiger partial charge in [-0.15, -0.1) is 0 Å². The van der Waals surface area contributed by atoms with Crippen LogP contribution in [0.15, 0.2) is 0 Å². The molecule has 594 valence electrons. The number of unbranched alkanes of at least 4 members (excludes halogenated alkanes) is 47. The van der Waals surface area contributed by atoms with Crippen LogP contribution in [0.2, 0.25) is 0 Å². The molecule has 0 aliphatic carbocycles. The van der Waals surface area contributed by atoms with E-state index in [9.17, 15) is 43.2 Å². The van der Waals surface area contributed by atoms with Crippen molar-refractivity contribution in [2.75, 3.05) is 39.6 Å². The summed E-state index contributed by atoms with van der Waals surface area (Å²) >= 11 is 0. The third kappa shape index (κ3) is 74.3. The van der Waals surface area contributed by atoms with Crippen LogP contribution < -0.4 is 0 Å². The van der Waals surface area contributed by atoms with Crippen molar-refractivity contribution in [3.63, 3.8) is 0 Å². The molecule has 0 amide bonds. The van der Waals surface area contributed by atoms with Gasteiger partial charge in [0.15, 0.2) is 12.2 Å².